The van der Waals surface area contributed by atoms with Crippen LogP contribution in [-0.2, 0) is 22.8 Å². The van der Waals surface area contributed by atoms with Gasteiger partial charge >= 0.3 is 5.97 Å². The molecular weight excluding hydrogens is 740 g/mol. The van der Waals surface area contributed by atoms with Crippen LogP contribution in [0.4, 0.5) is 0 Å². The van der Waals surface area contributed by atoms with Gasteiger partial charge in [-0.15, -0.1) is 6.58 Å². The molecule has 1 aliphatic heterocycles. The van der Waals surface area contributed by atoms with E-state index in [2.05, 4.69) is 137 Å². The van der Waals surface area contributed by atoms with Crippen molar-refractivity contribution in [1.29, 1.82) is 0 Å². The molecule has 0 bridgehead atoms. The van der Waals surface area contributed by atoms with Gasteiger partial charge in [0.2, 0.25) is 0 Å². The van der Waals surface area contributed by atoms with Crippen molar-refractivity contribution in [3.05, 3.63) is 58.7 Å². The summed E-state index contributed by atoms with van der Waals surface area (Å²) >= 11 is 2.26. The van der Waals surface area contributed by atoms with Gasteiger partial charge in [-0.2, -0.15) is 0 Å². The lowest BCUT2D eigenvalue weighted by Gasteiger charge is -2.54. The fraction of sp³-hybridized carbons (Fsp3) is 0.694. The molecule has 0 saturated carbocycles. The lowest BCUT2D eigenvalue weighted by molar-refractivity contribution is -0.227. The molecule has 0 aromatic heterocycles. The fourth-order valence-corrected chi connectivity index (χ4v) is 8.84. The first-order valence-corrected chi connectivity index (χ1v) is 26.6. The minimum absolute atomic E-state index is 0.0138. The summed E-state index contributed by atoms with van der Waals surface area (Å²) in [5.41, 5.74) is 0.488. The van der Waals surface area contributed by atoms with Gasteiger partial charge in [0.15, 0.2) is 31.1 Å². The third-order valence-electron chi connectivity index (χ3n) is 10.6. The van der Waals surface area contributed by atoms with Gasteiger partial charge in [0.1, 0.15) is 24.4 Å². The van der Waals surface area contributed by atoms with Crippen molar-refractivity contribution in [3.8, 4) is 0 Å². The molecule has 2 rings (SSSR count). The first-order chi connectivity index (χ1) is 20.8. The van der Waals surface area contributed by atoms with E-state index in [-0.39, 0.29) is 15.1 Å². The Morgan fingerprint density at radius 3 is 1.74 bits per heavy atom. The van der Waals surface area contributed by atoms with Gasteiger partial charge in [-0.05, 0) is 83.1 Å². The second kappa shape index (κ2) is 15.5. The van der Waals surface area contributed by atoms with Crippen LogP contribution < -0.4 is 0 Å². The number of benzene rings is 1. The van der Waals surface area contributed by atoms with Crippen LogP contribution in [0.5, 0.6) is 0 Å². The smallest absolute Gasteiger partial charge is 0.338 e. The number of carbonyl (C=O) groups excluding carboxylic acids is 1. The quantitative estimate of drug-likeness (QED) is 0.0908. The Labute approximate surface area is 297 Å². The van der Waals surface area contributed by atoms with Crippen LogP contribution in [0.25, 0.3) is 0 Å². The fourth-order valence-electron chi connectivity index (χ4n) is 4.58. The second-order valence-corrected chi connectivity index (χ2v) is 32.2. The van der Waals surface area contributed by atoms with E-state index in [4.69, 9.17) is 22.8 Å². The lowest BCUT2D eigenvalue weighted by atomic mass is 9.90. The summed E-state index contributed by atoms with van der Waals surface area (Å²) in [6, 6.07) is 9.13. The van der Waals surface area contributed by atoms with Crippen molar-refractivity contribution in [2.45, 2.75) is 160 Å². The van der Waals surface area contributed by atoms with Crippen molar-refractivity contribution < 1.29 is 27.5 Å². The predicted molar refractivity (Wildman–Crippen MR) is 208 cm³/mol. The summed E-state index contributed by atoms with van der Waals surface area (Å²) in [4.78, 5) is 13.7. The molecule has 1 fully saturated rings. The molecule has 1 aliphatic rings. The summed E-state index contributed by atoms with van der Waals surface area (Å²) in [5, 5.41) is -0.189. The number of carbonyl (C=O) groups is 1. The Hall–Kier alpha value is -0.609. The molecule has 0 spiro atoms. The number of hydrogen-bond acceptors (Lipinski definition) is 6. The van der Waals surface area contributed by atoms with Crippen molar-refractivity contribution in [1.82, 2.24) is 0 Å². The molecule has 1 aromatic rings. The molecule has 1 heterocycles. The molecule has 6 atom stereocenters. The third kappa shape index (κ3) is 10.2. The largest absolute Gasteiger partial charge is 0.453 e. The normalized spacial score (nSPS) is 24.6. The van der Waals surface area contributed by atoms with Gasteiger partial charge in [0.05, 0.1) is 11.7 Å². The van der Waals surface area contributed by atoms with E-state index >= 15 is 0 Å². The van der Waals surface area contributed by atoms with Gasteiger partial charge in [-0.1, -0.05) is 109 Å². The molecule has 1 saturated heterocycles. The summed E-state index contributed by atoms with van der Waals surface area (Å²) in [5.74, 6) is -0.405. The Bertz CT molecular complexity index is 1180. The summed E-state index contributed by atoms with van der Waals surface area (Å²) in [7, 11) is -7.10. The van der Waals surface area contributed by atoms with Crippen LogP contribution in [0, 0.1) is 0 Å². The highest BCUT2D eigenvalue weighted by Crippen LogP contribution is 2.46. The van der Waals surface area contributed by atoms with Crippen molar-refractivity contribution in [2.75, 3.05) is 0 Å². The Morgan fingerprint density at radius 2 is 1.30 bits per heavy atom. The third-order valence-corrected chi connectivity index (χ3v) is 24.5. The Morgan fingerprint density at radius 1 is 0.826 bits per heavy atom. The minimum atomic E-state index is -2.43. The maximum Gasteiger partial charge on any atom is 0.338 e. The average Bonchev–Trinajstić information content (AvgIpc) is 2.89. The zero-order valence-corrected chi connectivity index (χ0v) is 36.5. The van der Waals surface area contributed by atoms with Crippen LogP contribution in [0.1, 0.15) is 79.1 Å². The maximum atomic E-state index is 13.7. The van der Waals surface area contributed by atoms with Gasteiger partial charge in [-0.25, -0.2) is 4.79 Å². The maximum absolute atomic E-state index is 13.7. The van der Waals surface area contributed by atoms with Crippen LogP contribution in [0.15, 0.2) is 53.1 Å². The van der Waals surface area contributed by atoms with Crippen LogP contribution >= 0.6 is 22.6 Å². The molecule has 46 heavy (non-hydrogen) atoms. The summed E-state index contributed by atoms with van der Waals surface area (Å²) in [6.45, 7) is 37.7. The molecule has 0 N–H and O–H groups in total. The molecule has 1 aromatic carbocycles. The van der Waals surface area contributed by atoms with Crippen LogP contribution in [0.3, 0.4) is 0 Å². The first-order valence-electron chi connectivity index (χ1n) is 16.6. The molecular formula is C36H63IO6Si3. The SMILES string of the molecule is C=CCC1OC([C@H](C=CI)O[Si](C)(C)C(C)(C)C)C(O[Si](C)(C)C(C)(C)C)C(O[Si](C)(C)C(C)(C)C)C1OC(=O)c1ccccc1. The van der Waals surface area contributed by atoms with Gasteiger partial charge in [0.25, 0.3) is 0 Å². The van der Waals surface area contributed by atoms with Crippen molar-refractivity contribution >= 4 is 53.5 Å². The second-order valence-electron chi connectivity index (χ2n) is 17.2. The van der Waals surface area contributed by atoms with Gasteiger partial charge in [-0.3, -0.25) is 0 Å². The van der Waals surface area contributed by atoms with Gasteiger partial charge in [0, 0.05) is 0 Å². The summed E-state index contributed by atoms with van der Waals surface area (Å²) < 4.78 is 37.5. The monoisotopic (exact) mass is 802 g/mol. The predicted octanol–water partition coefficient (Wildman–Crippen LogP) is 10.7. The molecule has 0 radical (unpaired) electrons. The van der Waals surface area contributed by atoms with E-state index < -0.39 is 67.5 Å². The highest BCUT2D eigenvalue weighted by atomic mass is 127. The van der Waals surface area contributed by atoms with Crippen molar-refractivity contribution in [3.63, 3.8) is 0 Å². The van der Waals surface area contributed by atoms with Gasteiger partial charge < -0.3 is 22.8 Å². The number of esters is 1. The Balaban J connectivity index is 2.88. The minimum Gasteiger partial charge on any atom is -0.453 e. The topological polar surface area (TPSA) is 63.2 Å². The van der Waals surface area contributed by atoms with Crippen molar-refractivity contribution in [2.24, 2.45) is 0 Å². The highest BCUT2D eigenvalue weighted by Gasteiger charge is 2.57. The molecule has 6 nitrogen and oxygen atoms in total. The number of ether oxygens (including phenoxy) is 2. The zero-order valence-electron chi connectivity index (χ0n) is 31.3. The number of halogens is 1. The summed E-state index contributed by atoms with van der Waals surface area (Å²) in [6.07, 6.45) is 1.16. The van der Waals surface area contributed by atoms with E-state index in [1.807, 2.05) is 28.4 Å². The van der Waals surface area contributed by atoms with Crippen LogP contribution in [0.2, 0.25) is 54.4 Å². The number of hydrogen-bond donors (Lipinski definition) is 0. The zero-order chi connectivity index (χ0) is 35.5. The van der Waals surface area contributed by atoms with E-state index in [9.17, 15) is 4.79 Å². The van der Waals surface area contributed by atoms with E-state index in [1.54, 1.807) is 12.1 Å². The van der Waals surface area contributed by atoms with E-state index in [0.29, 0.717) is 12.0 Å². The van der Waals surface area contributed by atoms with E-state index in [0.717, 1.165) is 0 Å². The average molecular weight is 803 g/mol. The molecule has 0 amide bonds. The highest BCUT2D eigenvalue weighted by molar-refractivity contribution is 14.1. The molecule has 5 unspecified atom stereocenters. The first kappa shape index (κ1) is 41.6. The molecule has 10 heteroatoms. The number of rotatable bonds is 12. The standard InChI is InChI=1S/C36H63IO6Si3/c1-17-21-27-29(40-33(38)26-22-19-18-20-23-26)31(42-45(13,14)35(5,6)7)32(43-46(15,16)36(8,9)10)30(39-27)28(24-25-37)41-44(11,12)34(2,3)4/h17-20,22-25,27-32H,1,21H2,2-16H3/t27?,28-,29?,30?,31?,32?/m0/s1. The lowest BCUT2D eigenvalue weighted by Crippen LogP contribution is -2.68. The van der Waals surface area contributed by atoms with E-state index in [1.165, 1.54) is 0 Å². The molecule has 0 aliphatic carbocycles. The Kier molecular flexibility index (Phi) is 14.0. The molecule has 262 valence electrons. The van der Waals surface area contributed by atoms with Crippen LogP contribution in [-0.4, -0.2) is 67.5 Å².